The minimum atomic E-state index is -0.408. The van der Waals surface area contributed by atoms with Crippen LogP contribution in [0.1, 0.15) is 55.6 Å². The minimum Gasteiger partial charge on any atom is -0.390 e. The first kappa shape index (κ1) is 14.8. The first-order valence-corrected chi connectivity index (χ1v) is 10.2. The molecule has 132 valence electrons. The lowest BCUT2D eigenvalue weighted by atomic mass is 9.52. The minimum absolute atomic E-state index is 0.204. The van der Waals surface area contributed by atoms with Crippen LogP contribution in [0.2, 0.25) is 0 Å². The van der Waals surface area contributed by atoms with Crippen molar-refractivity contribution in [3.63, 3.8) is 0 Å². The third-order valence-corrected chi connectivity index (χ3v) is 8.21. The second-order valence-electron chi connectivity index (χ2n) is 9.63. The molecule has 0 spiro atoms. The van der Waals surface area contributed by atoms with E-state index in [4.69, 9.17) is 0 Å². The van der Waals surface area contributed by atoms with Gasteiger partial charge >= 0.3 is 0 Å². The van der Waals surface area contributed by atoms with Crippen molar-refractivity contribution in [1.29, 1.82) is 0 Å². The van der Waals surface area contributed by atoms with E-state index in [9.17, 15) is 9.90 Å². The molecule has 1 aromatic rings. The van der Waals surface area contributed by atoms with Gasteiger partial charge in [0.15, 0.2) is 0 Å². The Kier molecular flexibility index (Phi) is 2.88. The van der Waals surface area contributed by atoms with Crippen LogP contribution >= 0.6 is 0 Å². The van der Waals surface area contributed by atoms with Gasteiger partial charge in [-0.25, -0.2) is 0 Å². The van der Waals surface area contributed by atoms with Crippen LogP contribution < -0.4 is 0 Å². The summed E-state index contributed by atoms with van der Waals surface area (Å²) < 4.78 is 0. The molecule has 1 unspecified atom stereocenters. The van der Waals surface area contributed by atoms with Crippen LogP contribution in [0.15, 0.2) is 24.3 Å². The number of carbonyl (C=O) groups is 1. The first-order valence-electron chi connectivity index (χ1n) is 10.2. The number of hydrogen-bond acceptors (Lipinski definition) is 2. The number of aliphatic hydroxyl groups is 1. The van der Waals surface area contributed by atoms with Gasteiger partial charge in [-0.1, -0.05) is 24.3 Å². The Morgan fingerprint density at radius 3 is 2.56 bits per heavy atom. The predicted octanol–water partition coefficient (Wildman–Crippen LogP) is 3.11. The molecule has 7 atom stereocenters. The summed E-state index contributed by atoms with van der Waals surface area (Å²) in [6.07, 6.45) is 7.42. The fourth-order valence-electron chi connectivity index (χ4n) is 7.62. The fourth-order valence-corrected chi connectivity index (χ4v) is 7.62. The van der Waals surface area contributed by atoms with Gasteiger partial charge in [-0.2, -0.15) is 0 Å². The van der Waals surface area contributed by atoms with Crippen molar-refractivity contribution in [3.8, 4) is 0 Å². The molecule has 4 bridgehead atoms. The second kappa shape index (κ2) is 4.88. The van der Waals surface area contributed by atoms with E-state index in [0.29, 0.717) is 35.6 Å². The van der Waals surface area contributed by atoms with Crippen molar-refractivity contribution in [2.45, 2.75) is 62.5 Å². The molecule has 0 radical (unpaired) electrons. The molecule has 25 heavy (non-hydrogen) atoms. The maximum absolute atomic E-state index is 13.3. The van der Waals surface area contributed by atoms with E-state index in [1.165, 1.54) is 24.0 Å². The van der Waals surface area contributed by atoms with E-state index in [-0.39, 0.29) is 5.92 Å². The Bertz CT molecular complexity index is 727. The lowest BCUT2D eigenvalue weighted by Crippen LogP contribution is -2.62. The molecule has 6 aliphatic rings. The van der Waals surface area contributed by atoms with E-state index >= 15 is 0 Å². The molecule has 7 rings (SSSR count). The van der Waals surface area contributed by atoms with Crippen LogP contribution in [0.4, 0.5) is 0 Å². The summed E-state index contributed by atoms with van der Waals surface area (Å²) in [5.41, 5.74) is 2.48. The summed E-state index contributed by atoms with van der Waals surface area (Å²) in [7, 11) is 0. The normalized spacial score (nSPS) is 47.1. The third-order valence-electron chi connectivity index (χ3n) is 8.21. The zero-order valence-electron chi connectivity index (χ0n) is 14.7. The molecule has 1 heterocycles. The van der Waals surface area contributed by atoms with E-state index in [0.717, 1.165) is 38.6 Å². The van der Waals surface area contributed by atoms with Crippen LogP contribution in [0.3, 0.4) is 0 Å². The lowest BCUT2D eigenvalue weighted by Gasteiger charge is -2.59. The molecule has 1 saturated heterocycles. The Labute approximate surface area is 149 Å². The van der Waals surface area contributed by atoms with E-state index in [1.807, 2.05) is 0 Å². The van der Waals surface area contributed by atoms with Gasteiger partial charge in [-0.05, 0) is 73.8 Å². The highest BCUT2D eigenvalue weighted by Gasteiger charge is 2.58. The summed E-state index contributed by atoms with van der Waals surface area (Å²) in [4.78, 5) is 15.6. The summed E-state index contributed by atoms with van der Waals surface area (Å²) >= 11 is 0. The number of rotatable bonds is 1. The Balaban J connectivity index is 1.33. The first-order chi connectivity index (χ1) is 12.1. The molecule has 1 N–H and O–H groups in total. The van der Waals surface area contributed by atoms with E-state index < -0.39 is 5.60 Å². The van der Waals surface area contributed by atoms with Crippen LogP contribution in [0.25, 0.3) is 0 Å². The molecular weight excluding hydrogens is 310 g/mol. The zero-order chi connectivity index (χ0) is 16.8. The van der Waals surface area contributed by atoms with Crippen LogP contribution in [0, 0.1) is 23.7 Å². The monoisotopic (exact) mass is 337 g/mol. The molecule has 3 heteroatoms. The van der Waals surface area contributed by atoms with Gasteiger partial charge in [0.25, 0.3) is 0 Å². The quantitative estimate of drug-likeness (QED) is 0.855. The average molecular weight is 337 g/mol. The van der Waals surface area contributed by atoms with Crippen LogP contribution in [0.5, 0.6) is 0 Å². The second-order valence-corrected chi connectivity index (χ2v) is 9.63. The van der Waals surface area contributed by atoms with Crippen molar-refractivity contribution < 1.29 is 9.90 Å². The van der Waals surface area contributed by atoms with Gasteiger partial charge in [0.2, 0.25) is 5.91 Å². The van der Waals surface area contributed by atoms with Gasteiger partial charge < -0.3 is 10.0 Å². The molecule has 1 amide bonds. The lowest BCUT2D eigenvalue weighted by molar-refractivity contribution is -0.168. The number of nitrogens with zero attached hydrogens (tertiary/aromatic N) is 1. The van der Waals surface area contributed by atoms with Crippen molar-refractivity contribution >= 4 is 5.91 Å². The highest BCUT2D eigenvalue weighted by Crippen LogP contribution is 2.58. The number of fused-ring (bicyclic) bond motifs is 3. The maximum Gasteiger partial charge on any atom is 0.226 e. The summed E-state index contributed by atoms with van der Waals surface area (Å²) in [5, 5.41) is 10.9. The van der Waals surface area contributed by atoms with Gasteiger partial charge in [0.1, 0.15) is 0 Å². The number of carbonyl (C=O) groups excluding carboxylic acids is 1. The Morgan fingerprint density at radius 2 is 1.80 bits per heavy atom. The number of hydrogen-bond donors (Lipinski definition) is 1. The van der Waals surface area contributed by atoms with Crippen molar-refractivity contribution in [1.82, 2.24) is 4.90 Å². The number of aryl methyl sites for hydroxylation is 1. The predicted molar refractivity (Wildman–Crippen MR) is 95.0 cm³/mol. The van der Waals surface area contributed by atoms with Crippen molar-refractivity contribution in [2.75, 3.05) is 6.54 Å². The highest BCUT2D eigenvalue weighted by atomic mass is 16.3. The van der Waals surface area contributed by atoms with Crippen molar-refractivity contribution in [3.05, 3.63) is 35.4 Å². The molecule has 5 fully saturated rings. The summed E-state index contributed by atoms with van der Waals surface area (Å²) in [5.74, 6) is 2.81. The molecule has 3 nitrogen and oxygen atoms in total. The average Bonchev–Trinajstić information content (AvgIpc) is 2.90. The number of amides is 1. The SMILES string of the molecule is O=C1[C@@H]2CCc3ccccc3[C@H]2CN1[C@H]1[C@@H]2CC3C[C@H]1C[C@](O)(C3)C2. The van der Waals surface area contributed by atoms with Gasteiger partial charge in [-0.3, -0.25) is 4.79 Å². The highest BCUT2D eigenvalue weighted by molar-refractivity contribution is 5.83. The summed E-state index contributed by atoms with van der Waals surface area (Å²) in [6.45, 7) is 0.918. The number of benzene rings is 1. The topological polar surface area (TPSA) is 40.5 Å². The standard InChI is InChI=1S/C22H27NO2/c24-21-18-6-5-14-3-1-2-4-17(14)19(18)12-23(21)20-15-7-13-8-16(20)11-22(25,9-13)10-15/h1-4,13,15-16,18-20,25H,5-12H2/t13?,15-,16+,18-,19-,20+,22+/m1/s1. The molecule has 4 saturated carbocycles. The largest absolute Gasteiger partial charge is 0.390 e. The molecule has 5 aliphatic carbocycles. The van der Waals surface area contributed by atoms with Crippen LogP contribution in [-0.4, -0.2) is 34.1 Å². The number of likely N-dealkylation sites (tertiary alicyclic amines) is 1. The maximum atomic E-state index is 13.3. The van der Waals surface area contributed by atoms with E-state index in [1.54, 1.807) is 0 Å². The molecule has 1 aromatic carbocycles. The molecule has 0 aromatic heterocycles. The van der Waals surface area contributed by atoms with Gasteiger partial charge in [0, 0.05) is 24.4 Å². The van der Waals surface area contributed by atoms with Crippen LogP contribution in [-0.2, 0) is 11.2 Å². The smallest absolute Gasteiger partial charge is 0.226 e. The van der Waals surface area contributed by atoms with Crippen molar-refractivity contribution in [2.24, 2.45) is 23.7 Å². The molecular formula is C22H27NO2. The summed E-state index contributed by atoms with van der Waals surface area (Å²) in [6, 6.07) is 9.17. The Morgan fingerprint density at radius 1 is 1.04 bits per heavy atom. The zero-order valence-corrected chi connectivity index (χ0v) is 14.7. The third kappa shape index (κ3) is 1.99. The fraction of sp³-hybridized carbons (Fsp3) is 0.682. The Hall–Kier alpha value is -1.35. The molecule has 1 aliphatic heterocycles. The van der Waals surface area contributed by atoms with E-state index in [2.05, 4.69) is 29.2 Å². The van der Waals surface area contributed by atoms with Gasteiger partial charge in [-0.15, -0.1) is 0 Å². The van der Waals surface area contributed by atoms with Gasteiger partial charge in [0.05, 0.1) is 5.60 Å².